The summed E-state index contributed by atoms with van der Waals surface area (Å²) >= 11 is 0. The molecule has 5 rings (SSSR count). The minimum Gasteiger partial charge on any atom is -0.355 e. The highest BCUT2D eigenvalue weighted by atomic mass is 32.2. The molecule has 3 aliphatic rings. The fraction of sp³-hybridized carbons (Fsp3) is 0.480. The van der Waals surface area contributed by atoms with Crippen molar-refractivity contribution in [3.63, 3.8) is 0 Å². The molecular formula is C25H30N2O3S. The van der Waals surface area contributed by atoms with Crippen molar-refractivity contribution in [1.82, 2.24) is 10.2 Å². The first kappa shape index (κ1) is 20.7. The zero-order valence-electron chi connectivity index (χ0n) is 17.8. The normalized spacial score (nSPS) is 29.4. The molecule has 2 aromatic carbocycles. The Hall–Kier alpha value is -2.18. The molecule has 0 aromatic heterocycles. The van der Waals surface area contributed by atoms with Gasteiger partial charge >= 0.3 is 0 Å². The maximum Gasteiger partial charge on any atom is 0.234 e. The third-order valence-electron chi connectivity index (χ3n) is 7.59. The van der Waals surface area contributed by atoms with Crippen LogP contribution in [-0.4, -0.2) is 49.6 Å². The summed E-state index contributed by atoms with van der Waals surface area (Å²) in [6.45, 7) is 1.54. The number of aryl methyl sites for hydroxylation is 1. The third-order valence-corrected chi connectivity index (χ3v) is 10.3. The number of hydrogen-bond donors (Lipinski definition) is 1. The van der Waals surface area contributed by atoms with Gasteiger partial charge in [-0.05, 0) is 67.7 Å². The van der Waals surface area contributed by atoms with Gasteiger partial charge < -0.3 is 5.32 Å². The molecule has 0 bridgehead atoms. The summed E-state index contributed by atoms with van der Waals surface area (Å²) < 4.78 is 26.5. The van der Waals surface area contributed by atoms with Gasteiger partial charge in [-0.2, -0.15) is 0 Å². The molecule has 2 fully saturated rings. The number of benzene rings is 2. The van der Waals surface area contributed by atoms with Crippen molar-refractivity contribution in [2.24, 2.45) is 5.92 Å². The Balaban J connectivity index is 1.40. The second-order valence-electron chi connectivity index (χ2n) is 9.31. The van der Waals surface area contributed by atoms with Gasteiger partial charge in [0, 0.05) is 19.1 Å². The van der Waals surface area contributed by atoms with E-state index in [1.807, 2.05) is 6.07 Å². The Morgan fingerprint density at radius 2 is 1.71 bits per heavy atom. The summed E-state index contributed by atoms with van der Waals surface area (Å²) in [6, 6.07) is 17.7. The molecule has 1 heterocycles. The van der Waals surface area contributed by atoms with E-state index in [-0.39, 0.29) is 17.9 Å². The van der Waals surface area contributed by atoms with Crippen molar-refractivity contribution < 1.29 is 13.2 Å². The summed E-state index contributed by atoms with van der Waals surface area (Å²) in [6.07, 6.45) is 4.96. The number of rotatable bonds is 3. The second-order valence-corrected chi connectivity index (χ2v) is 11.6. The van der Waals surface area contributed by atoms with Crippen molar-refractivity contribution in [1.29, 1.82) is 0 Å². The Labute approximate surface area is 184 Å². The molecule has 1 N–H and O–H groups in total. The van der Waals surface area contributed by atoms with Gasteiger partial charge in [-0.3, -0.25) is 9.69 Å². The van der Waals surface area contributed by atoms with Gasteiger partial charge in [-0.15, -0.1) is 0 Å². The van der Waals surface area contributed by atoms with Crippen molar-refractivity contribution in [3.05, 3.63) is 65.7 Å². The highest BCUT2D eigenvalue weighted by molar-refractivity contribution is 7.93. The van der Waals surface area contributed by atoms with Gasteiger partial charge in [-0.1, -0.05) is 42.5 Å². The lowest BCUT2D eigenvalue weighted by atomic mass is 9.87. The number of nitrogens with one attached hydrogen (secondary N) is 1. The molecule has 0 spiro atoms. The molecule has 5 nitrogen and oxygen atoms in total. The van der Waals surface area contributed by atoms with Crippen LogP contribution < -0.4 is 5.32 Å². The van der Waals surface area contributed by atoms with E-state index in [1.165, 1.54) is 11.1 Å². The predicted molar refractivity (Wildman–Crippen MR) is 121 cm³/mol. The van der Waals surface area contributed by atoms with Crippen LogP contribution in [0.2, 0.25) is 0 Å². The first-order valence-corrected chi connectivity index (χ1v) is 12.9. The largest absolute Gasteiger partial charge is 0.355 e. The molecule has 6 heteroatoms. The summed E-state index contributed by atoms with van der Waals surface area (Å²) in [5.74, 6) is 0.169. The van der Waals surface area contributed by atoms with Crippen LogP contribution >= 0.6 is 0 Å². The monoisotopic (exact) mass is 438 g/mol. The lowest BCUT2D eigenvalue weighted by molar-refractivity contribution is -0.123. The molecule has 0 radical (unpaired) electrons. The third kappa shape index (κ3) is 3.80. The highest BCUT2D eigenvalue weighted by Gasteiger charge is 2.62. The standard InChI is InChI=1S/C25H30N2O3S/c28-24-18-27(22-11-10-19-6-4-5-7-20(19)16-22)15-13-25(17-21(25)12-14-26-24)31(29,30)23-8-2-1-3-9-23/h1-9,21-22H,10-18H2,(H,26,28). The zero-order valence-corrected chi connectivity index (χ0v) is 18.6. The second kappa shape index (κ2) is 8.06. The fourth-order valence-electron chi connectivity index (χ4n) is 5.67. The molecular weight excluding hydrogens is 408 g/mol. The molecule has 2 aliphatic carbocycles. The zero-order chi connectivity index (χ0) is 21.5. The number of hydrogen-bond acceptors (Lipinski definition) is 4. The minimum absolute atomic E-state index is 0.0536. The number of nitrogens with zero attached hydrogens (tertiary/aromatic N) is 1. The maximum absolute atomic E-state index is 13.6. The number of fused-ring (bicyclic) bond motifs is 2. The molecule has 164 valence electrons. The average molecular weight is 439 g/mol. The fourth-order valence-corrected chi connectivity index (χ4v) is 7.99. The van der Waals surface area contributed by atoms with E-state index in [0.717, 1.165) is 25.7 Å². The van der Waals surface area contributed by atoms with E-state index in [4.69, 9.17) is 0 Å². The lowest BCUT2D eigenvalue weighted by Gasteiger charge is -2.36. The van der Waals surface area contributed by atoms with Crippen molar-refractivity contribution in [3.8, 4) is 0 Å². The van der Waals surface area contributed by atoms with Crippen molar-refractivity contribution in [2.75, 3.05) is 19.6 Å². The molecule has 2 aromatic rings. The van der Waals surface area contributed by atoms with E-state index >= 15 is 0 Å². The smallest absolute Gasteiger partial charge is 0.234 e. The van der Waals surface area contributed by atoms with E-state index in [1.54, 1.807) is 24.3 Å². The molecule has 31 heavy (non-hydrogen) atoms. The van der Waals surface area contributed by atoms with Gasteiger partial charge in [-0.25, -0.2) is 8.42 Å². The Morgan fingerprint density at radius 3 is 2.52 bits per heavy atom. The Bertz CT molecular complexity index is 1070. The summed E-state index contributed by atoms with van der Waals surface area (Å²) in [5, 5.41) is 3.03. The van der Waals surface area contributed by atoms with Crippen LogP contribution in [0.4, 0.5) is 0 Å². The van der Waals surface area contributed by atoms with Crippen LogP contribution in [0, 0.1) is 5.92 Å². The predicted octanol–water partition coefficient (Wildman–Crippen LogP) is 2.99. The van der Waals surface area contributed by atoms with Crippen LogP contribution in [-0.2, 0) is 27.5 Å². The Kier molecular flexibility index (Phi) is 5.39. The van der Waals surface area contributed by atoms with Gasteiger partial charge in [0.2, 0.25) is 5.91 Å². The molecule has 3 atom stereocenters. The summed E-state index contributed by atoms with van der Waals surface area (Å²) in [7, 11) is -3.41. The first-order valence-electron chi connectivity index (χ1n) is 11.4. The van der Waals surface area contributed by atoms with Crippen molar-refractivity contribution in [2.45, 2.75) is 54.2 Å². The quantitative estimate of drug-likeness (QED) is 0.800. The van der Waals surface area contributed by atoms with Gasteiger partial charge in [0.25, 0.3) is 0 Å². The van der Waals surface area contributed by atoms with E-state index < -0.39 is 14.6 Å². The Morgan fingerprint density at radius 1 is 0.968 bits per heavy atom. The first-order chi connectivity index (χ1) is 15.0. The molecule has 3 unspecified atom stereocenters. The SMILES string of the molecule is O=C1CN(C2CCc3ccccc3C2)CCC2(S(=O)(=O)c3ccccc3)CC2CCN1. The van der Waals surface area contributed by atoms with E-state index in [2.05, 4.69) is 34.5 Å². The number of carbonyl (C=O) groups excluding carboxylic acids is 1. The lowest BCUT2D eigenvalue weighted by Crippen LogP contribution is -2.48. The minimum atomic E-state index is -3.41. The molecule has 1 amide bonds. The molecule has 1 aliphatic heterocycles. The summed E-state index contributed by atoms with van der Waals surface area (Å²) in [5.41, 5.74) is 2.75. The van der Waals surface area contributed by atoms with E-state index in [0.29, 0.717) is 37.4 Å². The van der Waals surface area contributed by atoms with Gasteiger partial charge in [0.15, 0.2) is 9.84 Å². The highest BCUT2D eigenvalue weighted by Crippen LogP contribution is 2.56. The molecule has 1 saturated carbocycles. The van der Waals surface area contributed by atoms with Crippen molar-refractivity contribution >= 4 is 15.7 Å². The van der Waals surface area contributed by atoms with E-state index in [9.17, 15) is 13.2 Å². The van der Waals surface area contributed by atoms with Crippen LogP contribution in [0.25, 0.3) is 0 Å². The average Bonchev–Trinajstić information content (AvgIpc) is 3.52. The number of sulfone groups is 1. The van der Waals surface area contributed by atoms with Crippen LogP contribution in [0.1, 0.15) is 36.8 Å². The van der Waals surface area contributed by atoms with Crippen LogP contribution in [0.3, 0.4) is 0 Å². The topological polar surface area (TPSA) is 66.5 Å². The number of carbonyl (C=O) groups is 1. The summed E-state index contributed by atoms with van der Waals surface area (Å²) in [4.78, 5) is 15.2. The van der Waals surface area contributed by atoms with Gasteiger partial charge in [0.1, 0.15) is 0 Å². The van der Waals surface area contributed by atoms with Crippen LogP contribution in [0.5, 0.6) is 0 Å². The van der Waals surface area contributed by atoms with Crippen LogP contribution in [0.15, 0.2) is 59.5 Å². The van der Waals surface area contributed by atoms with Gasteiger partial charge in [0.05, 0.1) is 16.2 Å². The maximum atomic E-state index is 13.6. The number of amides is 1. The molecule has 1 saturated heterocycles.